The molecule has 3 aliphatic rings. The summed E-state index contributed by atoms with van der Waals surface area (Å²) in [5.41, 5.74) is 4.93. The highest BCUT2D eigenvalue weighted by Gasteiger charge is 2.69. The number of phenols is 1. The summed E-state index contributed by atoms with van der Waals surface area (Å²) in [6, 6.07) is 1.29. The number of primary amides is 1. The van der Waals surface area contributed by atoms with Crippen molar-refractivity contribution in [2.24, 2.45) is 29.4 Å². The lowest BCUT2D eigenvalue weighted by molar-refractivity contribution is -0.190. The van der Waals surface area contributed by atoms with Gasteiger partial charge in [0.2, 0.25) is 5.91 Å². The molecule has 5 N–H and O–H groups in total. The number of nitrogens with two attached hydrogens (primary N) is 1. The van der Waals surface area contributed by atoms with E-state index in [0.29, 0.717) is 5.56 Å². The summed E-state index contributed by atoms with van der Waals surface area (Å²) in [5.74, 6) is -11.8. The number of hydroxylamine groups is 1. The van der Waals surface area contributed by atoms with Gasteiger partial charge in [-0.2, -0.15) is 18.7 Å². The Morgan fingerprint density at radius 2 is 1.87 bits per heavy atom. The average Bonchev–Trinajstić information content (AvgIpc) is 2.79. The number of Topliss-reactive ketones (excluding diaryl/α,β-unsaturated/α-hetero) is 4. The molecule has 38 heavy (non-hydrogen) atoms. The number of nitrogens with one attached hydrogen (secondary N) is 1. The lowest BCUT2D eigenvalue weighted by Crippen LogP contribution is -2.74. The van der Waals surface area contributed by atoms with Gasteiger partial charge >= 0.3 is 6.18 Å². The number of ketones is 4. The van der Waals surface area contributed by atoms with Crippen molar-refractivity contribution in [3.63, 3.8) is 0 Å². The Morgan fingerprint density at radius 1 is 1.21 bits per heavy atom. The number of halogens is 3. The minimum atomic E-state index is -4.57. The highest BCUT2D eigenvalue weighted by atomic mass is 19.4. The molecular formula is C24H26F3N3O8. The van der Waals surface area contributed by atoms with E-state index in [0.717, 1.165) is 6.07 Å². The van der Waals surface area contributed by atoms with Gasteiger partial charge in [0.1, 0.15) is 5.75 Å². The highest BCUT2D eigenvalue weighted by molar-refractivity contribution is 6.32. The maximum atomic E-state index is 13.7. The molecule has 0 heterocycles. The van der Waals surface area contributed by atoms with Gasteiger partial charge in [-0.25, -0.2) is 0 Å². The number of phenolic OH excluding ortho intramolecular Hbond substituents is 1. The van der Waals surface area contributed by atoms with Crippen molar-refractivity contribution < 1.29 is 52.2 Å². The molecule has 2 saturated carbocycles. The summed E-state index contributed by atoms with van der Waals surface area (Å²) >= 11 is 0. The van der Waals surface area contributed by atoms with Crippen molar-refractivity contribution in [2.75, 3.05) is 20.7 Å². The number of aliphatic hydroxyl groups is 1. The molecule has 4 rings (SSSR count). The Hall–Kier alpha value is -3.20. The summed E-state index contributed by atoms with van der Waals surface area (Å²) in [6.07, 6.45) is -4.73. The number of fused-ring (bicyclic) bond motifs is 3. The SMILES string of the molecule is CN(C)[C@@H]1C(=O)C(C(N)=O)C(=O)[C@@]2(O)C(=O)C3C(=O)c4c(O)ccc(CNOCC(F)(F)F)c4C[C@H]3C[C@@H]12. The van der Waals surface area contributed by atoms with E-state index in [-0.39, 0.29) is 30.5 Å². The van der Waals surface area contributed by atoms with Gasteiger partial charge in [-0.15, -0.1) is 0 Å². The van der Waals surface area contributed by atoms with Gasteiger partial charge in [0.05, 0.1) is 17.5 Å². The molecule has 2 unspecified atom stereocenters. The largest absolute Gasteiger partial charge is 0.507 e. The van der Waals surface area contributed by atoms with E-state index in [2.05, 4.69) is 10.3 Å². The normalized spacial score (nSPS) is 31.2. The predicted molar refractivity (Wildman–Crippen MR) is 120 cm³/mol. The zero-order valence-corrected chi connectivity index (χ0v) is 20.4. The molecule has 1 aromatic rings. The third-order valence-corrected chi connectivity index (χ3v) is 7.64. The van der Waals surface area contributed by atoms with Crippen molar-refractivity contribution in [3.8, 4) is 5.75 Å². The van der Waals surface area contributed by atoms with Crippen LogP contribution in [0.1, 0.15) is 27.9 Å². The number of carbonyl (C=O) groups is 5. The maximum absolute atomic E-state index is 13.7. The quantitative estimate of drug-likeness (QED) is 0.208. The van der Waals surface area contributed by atoms with E-state index in [1.54, 1.807) is 0 Å². The second kappa shape index (κ2) is 9.52. The number of nitrogens with zero attached hydrogens (tertiary/aromatic N) is 1. The lowest BCUT2D eigenvalue weighted by Gasteiger charge is -2.52. The fourth-order valence-electron chi connectivity index (χ4n) is 6.10. The van der Waals surface area contributed by atoms with Crippen molar-refractivity contribution in [1.82, 2.24) is 10.4 Å². The third kappa shape index (κ3) is 4.30. The molecule has 6 atom stereocenters. The molecule has 0 spiro atoms. The van der Waals surface area contributed by atoms with E-state index < -0.39 is 82.9 Å². The second-order valence-electron chi connectivity index (χ2n) is 10.1. The molecule has 0 bridgehead atoms. The van der Waals surface area contributed by atoms with Gasteiger partial charge in [0, 0.05) is 12.5 Å². The van der Waals surface area contributed by atoms with Gasteiger partial charge < -0.3 is 15.9 Å². The van der Waals surface area contributed by atoms with Gasteiger partial charge in [-0.1, -0.05) is 6.07 Å². The second-order valence-corrected chi connectivity index (χ2v) is 10.1. The molecular weight excluding hydrogens is 515 g/mol. The zero-order chi connectivity index (χ0) is 28.3. The average molecular weight is 541 g/mol. The first-order valence-corrected chi connectivity index (χ1v) is 11.7. The molecule has 11 nitrogen and oxygen atoms in total. The molecule has 14 heteroatoms. The van der Waals surface area contributed by atoms with E-state index in [4.69, 9.17) is 5.73 Å². The maximum Gasteiger partial charge on any atom is 0.413 e. The molecule has 206 valence electrons. The van der Waals surface area contributed by atoms with Crippen molar-refractivity contribution in [1.29, 1.82) is 0 Å². The predicted octanol–water partition coefficient (Wildman–Crippen LogP) is -0.549. The molecule has 0 aliphatic heterocycles. The number of carbonyl (C=O) groups excluding carboxylic acids is 5. The molecule has 0 aromatic heterocycles. The molecule has 1 aromatic carbocycles. The summed E-state index contributed by atoms with van der Waals surface area (Å²) in [6.45, 7) is -1.83. The Morgan fingerprint density at radius 3 is 2.45 bits per heavy atom. The minimum Gasteiger partial charge on any atom is -0.507 e. The molecule has 2 fully saturated rings. The van der Waals surface area contributed by atoms with Crippen LogP contribution in [0.3, 0.4) is 0 Å². The Kier molecular flexibility index (Phi) is 6.97. The number of hydrogen-bond donors (Lipinski definition) is 4. The summed E-state index contributed by atoms with van der Waals surface area (Å²) in [4.78, 5) is 71.3. The zero-order valence-electron chi connectivity index (χ0n) is 20.4. The fraction of sp³-hybridized carbons (Fsp3) is 0.542. The van der Waals surface area contributed by atoms with Crippen LogP contribution in [-0.4, -0.2) is 82.7 Å². The minimum absolute atomic E-state index is 0.0173. The summed E-state index contributed by atoms with van der Waals surface area (Å²) in [7, 11) is 2.94. The van der Waals surface area contributed by atoms with Gasteiger partial charge in [-0.05, 0) is 50.0 Å². The van der Waals surface area contributed by atoms with Crippen LogP contribution in [0.2, 0.25) is 0 Å². The van der Waals surface area contributed by atoms with Crippen molar-refractivity contribution >= 4 is 29.0 Å². The van der Waals surface area contributed by atoms with Crippen LogP contribution in [0.5, 0.6) is 5.75 Å². The van der Waals surface area contributed by atoms with Gasteiger partial charge in [0.25, 0.3) is 0 Å². The van der Waals surface area contributed by atoms with Crippen LogP contribution < -0.4 is 11.2 Å². The van der Waals surface area contributed by atoms with E-state index in [1.807, 2.05) is 0 Å². The summed E-state index contributed by atoms with van der Waals surface area (Å²) in [5, 5.41) is 21.9. The fourth-order valence-corrected chi connectivity index (χ4v) is 6.10. The first kappa shape index (κ1) is 27.8. The number of rotatable bonds is 6. The monoisotopic (exact) mass is 541 g/mol. The Balaban J connectivity index is 1.73. The standard InChI is InChI=1S/C24H26F3N3O8/c1-30(2)17-12-6-10-5-11-9(7-29-38-8-23(25,26)27)3-4-13(31)15(11)18(32)14(10)20(34)24(12,37)21(35)16(19(17)33)22(28)36/h3-4,10,12,14,16-17,29,31,37H,5-8H2,1-2H3,(H2,28,36)/t10-,12-,14?,16?,17-,24-/m0/s1. The van der Waals surface area contributed by atoms with Crippen LogP contribution in [0.25, 0.3) is 0 Å². The van der Waals surface area contributed by atoms with Crippen LogP contribution in [0.15, 0.2) is 12.1 Å². The molecule has 1 amide bonds. The van der Waals surface area contributed by atoms with E-state index >= 15 is 0 Å². The van der Waals surface area contributed by atoms with Gasteiger partial charge in [0.15, 0.2) is 41.3 Å². The number of alkyl halides is 3. The van der Waals surface area contributed by atoms with Crippen molar-refractivity contribution in [3.05, 3.63) is 28.8 Å². The Labute approximate surface area is 214 Å². The van der Waals surface area contributed by atoms with Gasteiger partial charge in [-0.3, -0.25) is 33.7 Å². The van der Waals surface area contributed by atoms with Crippen LogP contribution in [0.4, 0.5) is 13.2 Å². The number of hydrogen-bond acceptors (Lipinski definition) is 10. The topological polar surface area (TPSA) is 176 Å². The lowest BCUT2D eigenvalue weighted by atomic mass is 9.52. The van der Waals surface area contributed by atoms with Crippen molar-refractivity contribution in [2.45, 2.75) is 37.2 Å². The molecule has 3 aliphatic carbocycles. The van der Waals surface area contributed by atoms with E-state index in [9.17, 15) is 47.4 Å². The number of likely N-dealkylation sites (N-methyl/N-ethyl adjacent to an activating group) is 1. The van der Waals surface area contributed by atoms with Crippen LogP contribution in [0, 0.1) is 23.7 Å². The highest BCUT2D eigenvalue weighted by Crippen LogP contribution is 2.51. The first-order valence-electron chi connectivity index (χ1n) is 11.7. The number of amides is 1. The van der Waals surface area contributed by atoms with Crippen LogP contribution in [-0.2, 0) is 37.0 Å². The number of benzene rings is 1. The third-order valence-electron chi connectivity index (χ3n) is 7.64. The van der Waals surface area contributed by atoms with Crippen LogP contribution >= 0.6 is 0 Å². The van der Waals surface area contributed by atoms with E-state index in [1.165, 1.54) is 25.1 Å². The number of aromatic hydroxyl groups is 1. The smallest absolute Gasteiger partial charge is 0.413 e. The summed E-state index contributed by atoms with van der Waals surface area (Å²) < 4.78 is 37.2. The first-order chi connectivity index (χ1) is 17.6. The Bertz CT molecular complexity index is 1230. The molecule has 0 radical (unpaired) electrons. The molecule has 0 saturated heterocycles.